The minimum absolute atomic E-state index is 0.607. The molecule has 3 nitrogen and oxygen atoms in total. The smallest absolute Gasteiger partial charge is 0.164 e. The molecule has 9 aromatic carbocycles. The Bertz CT molecular complexity index is 3560. The highest BCUT2D eigenvalue weighted by atomic mass is 32.1. The summed E-state index contributed by atoms with van der Waals surface area (Å²) in [5.41, 5.74) is 15.8. The van der Waals surface area contributed by atoms with Crippen LogP contribution in [0.4, 0.5) is 0 Å². The second-order valence-corrected chi connectivity index (χ2v) is 17.4. The lowest BCUT2D eigenvalue weighted by Gasteiger charge is -2.39. The number of nitrogens with zero attached hydrogens (tertiary/aromatic N) is 2. The minimum Gasteiger partial charge on any atom is -0.456 e. The Kier molecular flexibility index (Phi) is 7.99. The van der Waals surface area contributed by atoms with E-state index >= 15 is 0 Å². The minimum atomic E-state index is -0.607. The molecule has 13 rings (SSSR count). The summed E-state index contributed by atoms with van der Waals surface area (Å²) in [5.74, 6) is 2.21. The molecular weight excluding hydrogens is 785 g/mol. The van der Waals surface area contributed by atoms with Crippen LogP contribution < -0.4 is 4.74 Å². The molecule has 2 aliphatic rings. The number of thiophene rings is 1. The molecule has 0 amide bonds. The van der Waals surface area contributed by atoms with E-state index < -0.39 is 5.41 Å². The summed E-state index contributed by atoms with van der Waals surface area (Å²) in [5, 5.41) is 2.48. The second kappa shape index (κ2) is 14.1. The monoisotopic (exact) mass is 820 g/mol. The van der Waals surface area contributed by atoms with Crippen LogP contribution in [-0.2, 0) is 5.41 Å². The Morgan fingerprint density at radius 3 is 1.71 bits per heavy atom. The van der Waals surface area contributed by atoms with Gasteiger partial charge in [-0.1, -0.05) is 188 Å². The van der Waals surface area contributed by atoms with E-state index in [4.69, 9.17) is 14.7 Å². The zero-order valence-corrected chi connectivity index (χ0v) is 34.8. The van der Waals surface area contributed by atoms with Crippen molar-refractivity contribution in [2.24, 2.45) is 0 Å². The highest BCUT2D eigenvalue weighted by Gasteiger charge is 2.51. The van der Waals surface area contributed by atoms with Crippen LogP contribution in [0.2, 0.25) is 0 Å². The van der Waals surface area contributed by atoms with Gasteiger partial charge in [0.25, 0.3) is 0 Å². The molecule has 4 heteroatoms. The predicted molar refractivity (Wildman–Crippen MR) is 259 cm³/mol. The molecule has 0 saturated heterocycles. The van der Waals surface area contributed by atoms with E-state index in [9.17, 15) is 0 Å². The quantitative estimate of drug-likeness (QED) is 0.173. The fraction of sp³-hybridized carbons (Fsp3) is 0.0169. The lowest BCUT2D eigenvalue weighted by Crippen LogP contribution is -2.32. The molecule has 0 bridgehead atoms. The van der Waals surface area contributed by atoms with Gasteiger partial charge in [-0.15, -0.1) is 11.3 Å². The van der Waals surface area contributed by atoms with Crippen LogP contribution in [0.5, 0.6) is 11.5 Å². The van der Waals surface area contributed by atoms with Gasteiger partial charge in [-0.3, -0.25) is 0 Å². The van der Waals surface area contributed by atoms with Crippen molar-refractivity contribution >= 4 is 31.5 Å². The summed E-state index contributed by atoms with van der Waals surface area (Å²) >= 11 is 1.82. The molecule has 63 heavy (non-hydrogen) atoms. The van der Waals surface area contributed by atoms with Crippen molar-refractivity contribution in [2.75, 3.05) is 0 Å². The van der Waals surface area contributed by atoms with Crippen LogP contribution in [-0.4, -0.2) is 9.97 Å². The van der Waals surface area contributed by atoms with Gasteiger partial charge in [0.1, 0.15) is 11.5 Å². The number of aromatic nitrogens is 2. The number of hydrogen-bond donors (Lipinski definition) is 0. The largest absolute Gasteiger partial charge is 0.456 e. The van der Waals surface area contributed by atoms with Crippen molar-refractivity contribution in [1.29, 1.82) is 0 Å². The normalized spacial score (nSPS) is 13.0. The van der Waals surface area contributed by atoms with Crippen LogP contribution >= 0.6 is 11.3 Å². The molecule has 0 unspecified atom stereocenters. The van der Waals surface area contributed by atoms with Gasteiger partial charge in [-0.2, -0.15) is 0 Å². The van der Waals surface area contributed by atoms with Crippen molar-refractivity contribution in [2.45, 2.75) is 5.41 Å². The zero-order valence-electron chi connectivity index (χ0n) is 34.0. The van der Waals surface area contributed by atoms with E-state index in [1.54, 1.807) is 0 Å². The fourth-order valence-electron chi connectivity index (χ4n) is 10.3. The Hall–Kier alpha value is -7.92. The maximum atomic E-state index is 7.16. The van der Waals surface area contributed by atoms with Crippen LogP contribution in [0.25, 0.3) is 87.5 Å². The number of para-hydroxylation sites is 2. The summed E-state index contributed by atoms with van der Waals surface area (Å²) in [6, 6.07) is 78.2. The topological polar surface area (TPSA) is 35.0 Å². The molecule has 2 aromatic heterocycles. The highest BCUT2D eigenvalue weighted by Crippen LogP contribution is 2.63. The maximum Gasteiger partial charge on any atom is 0.164 e. The van der Waals surface area contributed by atoms with Gasteiger partial charge >= 0.3 is 0 Å². The van der Waals surface area contributed by atoms with Crippen LogP contribution in [0, 0.1) is 0 Å². The molecule has 1 aliphatic carbocycles. The van der Waals surface area contributed by atoms with E-state index in [0.717, 1.165) is 67.4 Å². The molecule has 294 valence electrons. The number of ether oxygens (including phenoxy) is 1. The fourth-order valence-corrected chi connectivity index (χ4v) is 11.5. The molecule has 0 saturated carbocycles. The van der Waals surface area contributed by atoms with E-state index in [0.29, 0.717) is 5.82 Å². The summed E-state index contributed by atoms with van der Waals surface area (Å²) < 4.78 is 9.62. The summed E-state index contributed by atoms with van der Waals surface area (Å²) in [7, 11) is 0. The van der Waals surface area contributed by atoms with E-state index in [2.05, 4.69) is 218 Å². The molecule has 1 spiro atoms. The van der Waals surface area contributed by atoms with Gasteiger partial charge in [0, 0.05) is 42.4 Å². The highest BCUT2D eigenvalue weighted by molar-refractivity contribution is 7.26. The third-order valence-electron chi connectivity index (χ3n) is 13.0. The Labute approximate surface area is 369 Å². The number of fused-ring (bicyclic) bond motifs is 12. The molecule has 11 aromatic rings. The summed E-state index contributed by atoms with van der Waals surface area (Å²) in [6.07, 6.45) is 0. The first kappa shape index (κ1) is 35.8. The van der Waals surface area contributed by atoms with Gasteiger partial charge in [-0.05, 0) is 74.8 Å². The van der Waals surface area contributed by atoms with Gasteiger partial charge in [0.05, 0.1) is 22.4 Å². The Morgan fingerprint density at radius 2 is 0.937 bits per heavy atom. The molecule has 3 heterocycles. The maximum absolute atomic E-state index is 7.16. The van der Waals surface area contributed by atoms with Gasteiger partial charge in [0.2, 0.25) is 0 Å². The van der Waals surface area contributed by atoms with E-state index in [1.807, 2.05) is 11.3 Å². The summed E-state index contributed by atoms with van der Waals surface area (Å²) in [4.78, 5) is 11.2. The molecule has 0 atom stereocenters. The van der Waals surface area contributed by atoms with Gasteiger partial charge < -0.3 is 4.74 Å². The molecule has 1 aliphatic heterocycles. The van der Waals surface area contributed by atoms with Gasteiger partial charge in [-0.25, -0.2) is 9.97 Å². The zero-order chi connectivity index (χ0) is 41.5. The Morgan fingerprint density at radius 1 is 0.365 bits per heavy atom. The molecule has 0 fully saturated rings. The van der Waals surface area contributed by atoms with E-state index in [1.165, 1.54) is 48.0 Å². The van der Waals surface area contributed by atoms with Crippen molar-refractivity contribution in [1.82, 2.24) is 9.97 Å². The standard InChI is InChI=1S/C59H36N2OS/c1-3-17-37(18-4-1)39-33-34-42(47(35-39)38-19-5-2-6-20-38)52-36-53(45-25-15-24-44-43-23-9-14-32-55(43)63-57(44)45)61-58(60-52)46-26-16-30-51-56(46)62-54-31-13-12-29-50(54)59(51)48-27-10-7-21-40(48)41-22-8-11-28-49(41)59/h1-36H. The van der Waals surface area contributed by atoms with Crippen LogP contribution in [0.15, 0.2) is 218 Å². The predicted octanol–water partition coefficient (Wildman–Crippen LogP) is 15.6. The van der Waals surface area contributed by atoms with Gasteiger partial charge in [0.15, 0.2) is 5.82 Å². The van der Waals surface area contributed by atoms with Crippen LogP contribution in [0.3, 0.4) is 0 Å². The SMILES string of the molecule is c1ccc(-c2ccc(-c3cc(-c4cccc5c4sc4ccccc45)nc(-c4cccc5c4Oc4ccccc4C54c5ccccc5-c5ccccc54)n3)c(-c3ccccc3)c2)cc1. The third-order valence-corrected chi connectivity index (χ3v) is 14.2. The second-order valence-electron chi connectivity index (χ2n) is 16.4. The number of hydrogen-bond acceptors (Lipinski definition) is 4. The number of benzene rings is 9. The van der Waals surface area contributed by atoms with Crippen molar-refractivity contribution in [3.8, 4) is 78.8 Å². The average Bonchev–Trinajstić information content (AvgIpc) is 3.88. The average molecular weight is 821 g/mol. The van der Waals surface area contributed by atoms with Crippen molar-refractivity contribution in [3.63, 3.8) is 0 Å². The van der Waals surface area contributed by atoms with E-state index in [-0.39, 0.29) is 0 Å². The molecule has 0 radical (unpaired) electrons. The molecule has 0 N–H and O–H groups in total. The van der Waals surface area contributed by atoms with Crippen LogP contribution in [0.1, 0.15) is 22.3 Å². The first-order chi connectivity index (χ1) is 31.2. The third kappa shape index (κ3) is 5.38. The molecular formula is C59H36N2OS. The lowest BCUT2D eigenvalue weighted by molar-refractivity contribution is 0.437. The summed E-state index contributed by atoms with van der Waals surface area (Å²) in [6.45, 7) is 0. The lowest BCUT2D eigenvalue weighted by atomic mass is 9.66. The van der Waals surface area contributed by atoms with Crippen molar-refractivity contribution in [3.05, 3.63) is 241 Å². The number of rotatable bonds is 5. The van der Waals surface area contributed by atoms with Crippen molar-refractivity contribution < 1.29 is 4.74 Å². The first-order valence-corrected chi connectivity index (χ1v) is 22.2. The Balaban J connectivity index is 1.10. The first-order valence-electron chi connectivity index (χ1n) is 21.4.